The number of halogens is 2. The Bertz CT molecular complexity index is 860. The molecule has 0 aliphatic heterocycles. The highest BCUT2D eigenvalue weighted by molar-refractivity contribution is 7.15. The molecule has 0 saturated carbocycles. The molecule has 118 valence electrons. The molecule has 0 bridgehead atoms. The second-order valence-corrected chi connectivity index (χ2v) is 7.77. The van der Waals surface area contributed by atoms with Crippen molar-refractivity contribution in [1.29, 1.82) is 0 Å². The van der Waals surface area contributed by atoms with E-state index in [1.54, 1.807) is 23.7 Å². The number of hydrogen-bond donors (Lipinski definition) is 1. The highest BCUT2D eigenvalue weighted by Gasteiger charge is 2.12. The van der Waals surface area contributed by atoms with E-state index in [0.29, 0.717) is 27.3 Å². The lowest BCUT2D eigenvalue weighted by Crippen LogP contribution is -2.11. The van der Waals surface area contributed by atoms with E-state index in [0.717, 1.165) is 15.4 Å². The lowest BCUT2D eigenvalue weighted by Gasteiger charge is -2.02. The molecule has 0 saturated heterocycles. The quantitative estimate of drug-likeness (QED) is 0.684. The van der Waals surface area contributed by atoms with Gasteiger partial charge in [0.05, 0.1) is 5.01 Å². The molecule has 8 heteroatoms. The van der Waals surface area contributed by atoms with E-state index in [9.17, 15) is 4.79 Å². The van der Waals surface area contributed by atoms with Crippen molar-refractivity contribution in [2.45, 2.75) is 13.3 Å². The Morgan fingerprint density at radius 3 is 2.91 bits per heavy atom. The number of benzene rings is 1. The molecule has 1 aromatic carbocycles. The minimum absolute atomic E-state index is 0.254. The van der Waals surface area contributed by atoms with Crippen molar-refractivity contribution in [1.82, 2.24) is 9.97 Å². The summed E-state index contributed by atoms with van der Waals surface area (Å²) < 4.78 is 0. The number of carbonyl (C=O) groups is 1. The van der Waals surface area contributed by atoms with E-state index in [1.165, 1.54) is 22.7 Å². The first-order valence-corrected chi connectivity index (χ1v) is 9.08. The van der Waals surface area contributed by atoms with Crippen LogP contribution in [0.15, 0.2) is 29.8 Å². The highest BCUT2D eigenvalue weighted by Crippen LogP contribution is 2.27. The third-order valence-electron chi connectivity index (χ3n) is 3.00. The van der Waals surface area contributed by atoms with Crippen LogP contribution in [0.4, 0.5) is 5.13 Å². The van der Waals surface area contributed by atoms with Crippen LogP contribution < -0.4 is 5.32 Å². The molecule has 1 N–H and O–H groups in total. The molecule has 0 atom stereocenters. The average Bonchev–Trinajstić information content (AvgIpc) is 3.12. The number of nitrogens with zero attached hydrogens (tertiary/aromatic N) is 2. The van der Waals surface area contributed by atoms with Crippen LogP contribution in [-0.4, -0.2) is 15.9 Å². The third kappa shape index (κ3) is 4.09. The van der Waals surface area contributed by atoms with Gasteiger partial charge in [0.25, 0.3) is 5.91 Å². The van der Waals surface area contributed by atoms with Crippen molar-refractivity contribution in [3.8, 4) is 0 Å². The number of aryl methyl sites for hydroxylation is 1. The number of amides is 1. The van der Waals surface area contributed by atoms with E-state index in [4.69, 9.17) is 23.2 Å². The van der Waals surface area contributed by atoms with Crippen molar-refractivity contribution in [3.63, 3.8) is 0 Å². The van der Waals surface area contributed by atoms with Crippen LogP contribution >= 0.6 is 45.9 Å². The van der Waals surface area contributed by atoms with Gasteiger partial charge in [-0.2, -0.15) is 0 Å². The van der Waals surface area contributed by atoms with Crippen LogP contribution in [0.5, 0.6) is 0 Å². The molecule has 0 aliphatic rings. The van der Waals surface area contributed by atoms with Crippen molar-refractivity contribution in [3.05, 3.63) is 61.0 Å². The van der Waals surface area contributed by atoms with Gasteiger partial charge in [-0.3, -0.25) is 10.1 Å². The summed E-state index contributed by atoms with van der Waals surface area (Å²) in [6, 6.07) is 5.36. The molecule has 0 fully saturated rings. The maximum absolute atomic E-state index is 12.1. The largest absolute Gasteiger partial charge is 0.296 e. The first kappa shape index (κ1) is 16.4. The Balaban J connectivity index is 1.70. The fourth-order valence-electron chi connectivity index (χ4n) is 1.94. The average molecular weight is 384 g/mol. The number of carbonyl (C=O) groups excluding carboxylic acids is 1. The lowest BCUT2D eigenvalue weighted by atomic mass is 10.1. The van der Waals surface area contributed by atoms with Gasteiger partial charge in [-0.25, -0.2) is 9.97 Å². The van der Waals surface area contributed by atoms with E-state index in [2.05, 4.69) is 15.3 Å². The molecule has 0 spiro atoms. The normalized spacial score (nSPS) is 10.7. The van der Waals surface area contributed by atoms with Gasteiger partial charge in [0.15, 0.2) is 5.13 Å². The molecule has 3 aromatic rings. The summed E-state index contributed by atoms with van der Waals surface area (Å²) in [6.45, 7) is 1.86. The number of nitrogens with one attached hydrogen (secondary N) is 1. The van der Waals surface area contributed by atoms with Gasteiger partial charge in [0.1, 0.15) is 5.69 Å². The molecular weight excluding hydrogens is 373 g/mol. The number of aromatic nitrogens is 2. The van der Waals surface area contributed by atoms with Gasteiger partial charge in [-0.05, 0) is 30.7 Å². The summed E-state index contributed by atoms with van der Waals surface area (Å²) >= 11 is 15.0. The predicted octanol–water partition coefficient (Wildman–Crippen LogP) is 5.06. The summed E-state index contributed by atoms with van der Waals surface area (Å²) in [7, 11) is 0. The number of anilines is 1. The van der Waals surface area contributed by atoms with Gasteiger partial charge in [0, 0.05) is 32.9 Å². The van der Waals surface area contributed by atoms with Gasteiger partial charge >= 0.3 is 0 Å². The van der Waals surface area contributed by atoms with Gasteiger partial charge in [0.2, 0.25) is 0 Å². The van der Waals surface area contributed by atoms with Crippen molar-refractivity contribution in [2.24, 2.45) is 0 Å². The van der Waals surface area contributed by atoms with Crippen LogP contribution in [0.2, 0.25) is 10.0 Å². The monoisotopic (exact) mass is 383 g/mol. The fourth-order valence-corrected chi connectivity index (χ4v) is 3.74. The van der Waals surface area contributed by atoms with Crippen LogP contribution in [-0.2, 0) is 6.42 Å². The SMILES string of the molecule is Cc1nc(C(=O)Nc2ncc(Cc3cc(Cl)ccc3Cl)s2)cs1. The molecule has 1 amide bonds. The third-order valence-corrected chi connectivity index (χ3v) is 5.29. The zero-order chi connectivity index (χ0) is 16.4. The standard InChI is InChI=1S/C15H11Cl2N3OS2/c1-8-19-13(7-22-8)14(21)20-15-18-6-11(23-15)5-9-4-10(16)2-3-12(9)17/h2-4,6-7H,5H2,1H3,(H,18,20,21). The van der Waals surface area contributed by atoms with Crippen molar-refractivity contribution in [2.75, 3.05) is 5.32 Å². The number of thiazole rings is 2. The minimum atomic E-state index is -0.254. The highest BCUT2D eigenvalue weighted by atomic mass is 35.5. The summed E-state index contributed by atoms with van der Waals surface area (Å²) in [6.07, 6.45) is 2.34. The zero-order valence-electron chi connectivity index (χ0n) is 12.0. The lowest BCUT2D eigenvalue weighted by molar-refractivity contribution is 0.102. The number of hydrogen-bond acceptors (Lipinski definition) is 5. The molecule has 0 unspecified atom stereocenters. The van der Waals surface area contributed by atoms with Gasteiger partial charge in [-0.1, -0.05) is 23.2 Å². The summed E-state index contributed by atoms with van der Waals surface area (Å²) in [5.74, 6) is -0.254. The first-order valence-electron chi connectivity index (χ1n) is 6.63. The Kier molecular flexibility index (Phi) is 4.96. The molecule has 0 aliphatic carbocycles. The Labute approximate surface area is 151 Å². The zero-order valence-corrected chi connectivity index (χ0v) is 15.1. The summed E-state index contributed by atoms with van der Waals surface area (Å²) in [5.41, 5.74) is 1.33. The second kappa shape index (κ2) is 6.97. The van der Waals surface area contributed by atoms with Crippen LogP contribution in [0.25, 0.3) is 0 Å². The molecule has 4 nitrogen and oxygen atoms in total. The van der Waals surface area contributed by atoms with E-state index < -0.39 is 0 Å². The summed E-state index contributed by atoms with van der Waals surface area (Å²) in [4.78, 5) is 21.4. The Morgan fingerprint density at radius 1 is 1.35 bits per heavy atom. The van der Waals surface area contributed by atoms with Crippen molar-refractivity contribution < 1.29 is 4.79 Å². The molecule has 2 heterocycles. The minimum Gasteiger partial charge on any atom is -0.296 e. The molecule has 3 rings (SSSR count). The van der Waals surface area contributed by atoms with Crippen molar-refractivity contribution >= 4 is 56.9 Å². The second-order valence-electron chi connectivity index (χ2n) is 4.75. The first-order chi connectivity index (χ1) is 11.0. The summed E-state index contributed by atoms with van der Waals surface area (Å²) in [5, 5.41) is 7.17. The van der Waals surface area contributed by atoms with Crippen LogP contribution in [0, 0.1) is 6.92 Å². The molecule has 0 radical (unpaired) electrons. The Morgan fingerprint density at radius 2 is 2.17 bits per heavy atom. The smallest absolute Gasteiger partial charge is 0.276 e. The molecular formula is C15H11Cl2N3OS2. The molecule has 2 aromatic heterocycles. The van der Waals surface area contributed by atoms with E-state index in [1.807, 2.05) is 13.0 Å². The fraction of sp³-hybridized carbons (Fsp3) is 0.133. The molecule has 23 heavy (non-hydrogen) atoms. The predicted molar refractivity (Wildman–Crippen MR) is 96.2 cm³/mol. The van der Waals surface area contributed by atoms with E-state index in [-0.39, 0.29) is 5.91 Å². The van der Waals surface area contributed by atoms with Crippen LogP contribution in [0.3, 0.4) is 0 Å². The Hall–Kier alpha value is -1.47. The number of rotatable bonds is 4. The van der Waals surface area contributed by atoms with Gasteiger partial charge < -0.3 is 0 Å². The van der Waals surface area contributed by atoms with Gasteiger partial charge in [-0.15, -0.1) is 22.7 Å². The topological polar surface area (TPSA) is 54.9 Å². The van der Waals surface area contributed by atoms with E-state index >= 15 is 0 Å². The maximum atomic E-state index is 12.1. The van der Waals surface area contributed by atoms with Crippen LogP contribution in [0.1, 0.15) is 25.9 Å². The maximum Gasteiger partial charge on any atom is 0.276 e.